The number of rotatable bonds is 3. The van der Waals surface area contributed by atoms with Gasteiger partial charge in [-0.1, -0.05) is 33.3 Å². The van der Waals surface area contributed by atoms with Gasteiger partial charge in [-0.15, -0.1) is 0 Å². The third-order valence-electron chi connectivity index (χ3n) is 7.33. The van der Waals surface area contributed by atoms with Gasteiger partial charge in [0.15, 0.2) is 0 Å². The lowest BCUT2D eigenvalue weighted by molar-refractivity contribution is -0.187. The Balaban J connectivity index is 1.92. The highest BCUT2D eigenvalue weighted by molar-refractivity contribution is 5.90. The van der Waals surface area contributed by atoms with E-state index >= 15 is 0 Å². The van der Waals surface area contributed by atoms with Crippen molar-refractivity contribution >= 4 is 5.97 Å². The predicted octanol–water partition coefficient (Wildman–Crippen LogP) is 3.22. The first kappa shape index (κ1) is 17.9. The van der Waals surface area contributed by atoms with Gasteiger partial charge in [-0.25, -0.2) is 4.79 Å². The summed E-state index contributed by atoms with van der Waals surface area (Å²) in [6, 6.07) is 0. The number of allylic oxidation sites excluding steroid dienone is 1. The number of cyclic esters (lactones) is 1. The predicted molar refractivity (Wildman–Crippen MR) is 92.3 cm³/mol. The molecule has 0 unspecified atom stereocenters. The first-order valence-electron chi connectivity index (χ1n) is 9.42. The smallest absolute Gasteiger partial charge is 0.333 e. The van der Waals surface area contributed by atoms with Crippen molar-refractivity contribution < 1.29 is 19.7 Å². The van der Waals surface area contributed by atoms with Gasteiger partial charge in [0.05, 0.1) is 18.8 Å². The lowest BCUT2D eigenvalue weighted by atomic mass is 9.45. The second-order valence-corrected chi connectivity index (χ2v) is 9.10. The number of carbonyl (C=O) groups excluding carboxylic acids is 1. The van der Waals surface area contributed by atoms with Gasteiger partial charge in [-0.05, 0) is 54.8 Å². The molecule has 2 saturated carbocycles. The van der Waals surface area contributed by atoms with Crippen LogP contribution < -0.4 is 0 Å². The number of carbonyl (C=O) groups is 1. The Kier molecular flexibility index (Phi) is 4.59. The molecule has 0 spiro atoms. The Morgan fingerprint density at radius 1 is 1.25 bits per heavy atom. The second kappa shape index (κ2) is 6.14. The van der Waals surface area contributed by atoms with Gasteiger partial charge in [0, 0.05) is 12.0 Å². The third kappa shape index (κ3) is 2.82. The van der Waals surface area contributed by atoms with Crippen molar-refractivity contribution in [2.24, 2.45) is 22.7 Å². The SMILES string of the molecule is CC1(C)CCC[C@]2(C)[C@@H]1CC[C@](O)(CO)[C@H]2C/C=C1\CCOC1=O. The number of esters is 1. The van der Waals surface area contributed by atoms with Crippen molar-refractivity contribution in [1.29, 1.82) is 0 Å². The van der Waals surface area contributed by atoms with Crippen LogP contribution in [0.4, 0.5) is 0 Å². The molecule has 4 heteroatoms. The Morgan fingerprint density at radius 2 is 2.00 bits per heavy atom. The Bertz CT molecular complexity index is 538. The highest BCUT2D eigenvalue weighted by atomic mass is 16.5. The molecular formula is C20H32O4. The van der Waals surface area contributed by atoms with E-state index in [2.05, 4.69) is 20.8 Å². The van der Waals surface area contributed by atoms with Gasteiger partial charge in [-0.2, -0.15) is 0 Å². The van der Waals surface area contributed by atoms with Crippen LogP contribution in [0, 0.1) is 22.7 Å². The van der Waals surface area contributed by atoms with Gasteiger partial charge in [0.2, 0.25) is 0 Å². The number of fused-ring (bicyclic) bond motifs is 1. The minimum Gasteiger partial charge on any atom is -0.462 e. The third-order valence-corrected chi connectivity index (χ3v) is 7.33. The van der Waals surface area contributed by atoms with E-state index in [-0.39, 0.29) is 29.3 Å². The normalized spacial score (nSPS) is 43.5. The maximum absolute atomic E-state index is 11.7. The fourth-order valence-corrected chi connectivity index (χ4v) is 6.06. The van der Waals surface area contributed by atoms with Crippen LogP contribution in [-0.4, -0.2) is 35.0 Å². The number of hydrogen-bond acceptors (Lipinski definition) is 4. The van der Waals surface area contributed by atoms with Crippen LogP contribution in [0.15, 0.2) is 11.6 Å². The first-order valence-corrected chi connectivity index (χ1v) is 9.42. The molecule has 24 heavy (non-hydrogen) atoms. The minimum atomic E-state index is -1.04. The number of ether oxygens (including phenoxy) is 1. The van der Waals surface area contributed by atoms with Crippen LogP contribution in [-0.2, 0) is 9.53 Å². The molecule has 0 aromatic rings. The second-order valence-electron chi connectivity index (χ2n) is 9.10. The Labute approximate surface area is 145 Å². The number of aliphatic hydroxyl groups is 2. The maximum atomic E-state index is 11.7. The van der Waals surface area contributed by atoms with Crippen molar-refractivity contribution in [2.45, 2.75) is 71.3 Å². The molecule has 1 aliphatic heterocycles. The van der Waals surface area contributed by atoms with Gasteiger partial charge < -0.3 is 14.9 Å². The monoisotopic (exact) mass is 336 g/mol. The Morgan fingerprint density at radius 3 is 2.62 bits per heavy atom. The van der Waals surface area contributed by atoms with Crippen molar-refractivity contribution in [1.82, 2.24) is 0 Å². The fourth-order valence-electron chi connectivity index (χ4n) is 6.06. The van der Waals surface area contributed by atoms with E-state index < -0.39 is 5.60 Å². The molecule has 2 aliphatic carbocycles. The molecule has 0 bridgehead atoms. The van der Waals surface area contributed by atoms with E-state index in [1.54, 1.807) is 0 Å². The zero-order chi connectivity index (χ0) is 17.6. The summed E-state index contributed by atoms with van der Waals surface area (Å²) in [7, 11) is 0. The topological polar surface area (TPSA) is 66.8 Å². The maximum Gasteiger partial charge on any atom is 0.333 e. The van der Waals surface area contributed by atoms with E-state index in [0.717, 1.165) is 24.8 Å². The summed E-state index contributed by atoms with van der Waals surface area (Å²) in [6.07, 6.45) is 8.36. The summed E-state index contributed by atoms with van der Waals surface area (Å²) in [5.41, 5.74) is -0.0485. The molecule has 3 rings (SSSR count). The molecule has 0 aromatic carbocycles. The van der Waals surface area contributed by atoms with Crippen molar-refractivity contribution in [2.75, 3.05) is 13.2 Å². The quantitative estimate of drug-likeness (QED) is 0.613. The van der Waals surface area contributed by atoms with Crippen molar-refractivity contribution in [3.63, 3.8) is 0 Å². The summed E-state index contributed by atoms with van der Waals surface area (Å²) < 4.78 is 5.03. The largest absolute Gasteiger partial charge is 0.462 e. The zero-order valence-corrected chi connectivity index (χ0v) is 15.3. The summed E-state index contributed by atoms with van der Waals surface area (Å²) in [6.45, 7) is 7.26. The zero-order valence-electron chi connectivity index (χ0n) is 15.3. The van der Waals surface area contributed by atoms with E-state index in [9.17, 15) is 15.0 Å². The molecule has 1 heterocycles. The van der Waals surface area contributed by atoms with Gasteiger partial charge >= 0.3 is 5.97 Å². The standard InChI is InChI=1S/C20H32O4/c1-18(2)9-4-10-19(3)15(18)7-11-20(23,13-21)16(19)6-5-14-8-12-24-17(14)22/h5,15-16,21,23H,4,6-13H2,1-3H3/b14-5+/t15-,16+,19-,20+/m1/s1. The number of aliphatic hydroxyl groups excluding tert-OH is 1. The van der Waals surface area contributed by atoms with Crippen molar-refractivity contribution in [3.8, 4) is 0 Å². The van der Waals surface area contributed by atoms with Crippen molar-refractivity contribution in [3.05, 3.63) is 11.6 Å². The number of hydrogen-bond donors (Lipinski definition) is 2. The molecule has 136 valence electrons. The van der Waals surface area contributed by atoms with Crippen LogP contribution in [0.3, 0.4) is 0 Å². The molecule has 0 amide bonds. The molecule has 4 nitrogen and oxygen atoms in total. The van der Waals surface area contributed by atoms with Crippen LogP contribution >= 0.6 is 0 Å². The summed E-state index contributed by atoms with van der Waals surface area (Å²) >= 11 is 0. The molecular weight excluding hydrogens is 304 g/mol. The lowest BCUT2D eigenvalue weighted by Gasteiger charge is -2.61. The van der Waals surface area contributed by atoms with E-state index in [4.69, 9.17) is 4.74 Å². The molecule has 3 aliphatic rings. The van der Waals surface area contributed by atoms with Gasteiger partial charge in [0.1, 0.15) is 0 Å². The van der Waals surface area contributed by atoms with E-state index in [1.807, 2.05) is 6.08 Å². The summed E-state index contributed by atoms with van der Waals surface area (Å²) in [4.78, 5) is 11.7. The average molecular weight is 336 g/mol. The highest BCUT2D eigenvalue weighted by Crippen LogP contribution is 2.62. The fraction of sp³-hybridized carbons (Fsp3) is 0.850. The van der Waals surface area contributed by atoms with Gasteiger partial charge in [0.25, 0.3) is 0 Å². The van der Waals surface area contributed by atoms with Crippen LogP contribution in [0.25, 0.3) is 0 Å². The van der Waals surface area contributed by atoms with E-state index in [1.165, 1.54) is 6.42 Å². The summed E-state index contributed by atoms with van der Waals surface area (Å²) in [5, 5.41) is 21.1. The minimum absolute atomic E-state index is 0.00293. The lowest BCUT2D eigenvalue weighted by Crippen LogP contribution is -2.59. The molecule has 4 atom stereocenters. The van der Waals surface area contributed by atoms with Crippen LogP contribution in [0.5, 0.6) is 0 Å². The average Bonchev–Trinajstić information content (AvgIpc) is 2.91. The summed E-state index contributed by atoms with van der Waals surface area (Å²) in [5.74, 6) is 0.308. The van der Waals surface area contributed by atoms with Crippen LogP contribution in [0.2, 0.25) is 0 Å². The van der Waals surface area contributed by atoms with E-state index in [0.29, 0.717) is 31.8 Å². The first-order chi connectivity index (χ1) is 11.2. The van der Waals surface area contributed by atoms with Gasteiger partial charge in [-0.3, -0.25) is 0 Å². The molecule has 2 N–H and O–H groups in total. The molecule has 0 aromatic heterocycles. The molecule has 3 fully saturated rings. The van der Waals surface area contributed by atoms with Crippen LogP contribution in [0.1, 0.15) is 65.7 Å². The highest BCUT2D eigenvalue weighted by Gasteiger charge is 2.58. The Hall–Kier alpha value is -0.870. The molecule has 1 saturated heterocycles. The molecule has 0 radical (unpaired) electrons.